The summed E-state index contributed by atoms with van der Waals surface area (Å²) in [5.41, 5.74) is 0. The molecular formula is C30H44Cl2N2O18. The number of aliphatic carboxylic acids is 1. The second-order valence-corrected chi connectivity index (χ2v) is 12.6. The number of carbonyl (C=O) groups is 7. The maximum absolute atomic E-state index is 12.3. The summed E-state index contributed by atoms with van der Waals surface area (Å²) in [5, 5.41) is 33.1. The number of nitrogens with one attached hydrogen (secondary N) is 2. The van der Waals surface area contributed by atoms with E-state index in [9.17, 15) is 43.8 Å². The van der Waals surface area contributed by atoms with Crippen LogP contribution in [0.25, 0.3) is 0 Å². The van der Waals surface area contributed by atoms with Crippen LogP contribution in [0.4, 0.5) is 0 Å². The quantitative estimate of drug-likeness (QED) is 0.0551. The predicted molar refractivity (Wildman–Crippen MR) is 171 cm³/mol. The number of aliphatic hydroxyl groups is 2. The molecule has 0 aliphatic carbocycles. The molecule has 0 saturated carbocycles. The van der Waals surface area contributed by atoms with E-state index in [2.05, 4.69) is 10.6 Å². The monoisotopic (exact) mass is 790 g/mol. The number of fused-ring (bicyclic) bond motifs is 4. The summed E-state index contributed by atoms with van der Waals surface area (Å²) >= 11 is 9.56. The minimum absolute atomic E-state index is 0.0322. The van der Waals surface area contributed by atoms with Crippen molar-refractivity contribution in [2.24, 2.45) is 23.7 Å². The van der Waals surface area contributed by atoms with Gasteiger partial charge in [-0.3, -0.25) is 28.8 Å². The van der Waals surface area contributed by atoms with Crippen molar-refractivity contribution in [2.75, 3.05) is 54.7 Å². The first-order chi connectivity index (χ1) is 24.5. The minimum atomic E-state index is -1.29. The van der Waals surface area contributed by atoms with Crippen molar-refractivity contribution in [2.45, 2.75) is 67.5 Å². The van der Waals surface area contributed by atoms with Gasteiger partial charge < -0.3 is 63.8 Å². The summed E-state index contributed by atoms with van der Waals surface area (Å²) in [4.78, 5) is 79.3. The van der Waals surface area contributed by atoms with Crippen molar-refractivity contribution in [3.63, 3.8) is 0 Å². The fourth-order valence-corrected chi connectivity index (χ4v) is 6.25. The van der Waals surface area contributed by atoms with Gasteiger partial charge in [-0.1, -0.05) is 23.2 Å². The first kappa shape index (κ1) is 44.8. The number of carboxylic acid groups (broad SMARTS) is 1. The maximum Gasteiger partial charge on any atom is 0.337 e. The highest BCUT2D eigenvalue weighted by molar-refractivity contribution is 6.52. The summed E-state index contributed by atoms with van der Waals surface area (Å²) in [5.74, 6) is -8.29. The SMILES string of the molecule is CNC(=O)C1C(C(=O)OCCOC)C2O[C@@H]1[C@@H](O)C2OC(C)=O.CNC(=O)C1C(C(=O)OCCOC)C2O[C@@H]1[C@@H](OC(C)=O)C2O.O=C(O)C(Cl)Cl. The van der Waals surface area contributed by atoms with E-state index in [4.69, 9.17) is 66.2 Å². The number of hydrogen-bond acceptors (Lipinski definition) is 17. The predicted octanol–water partition coefficient (Wildman–Crippen LogP) is -2.67. The first-order valence-corrected chi connectivity index (χ1v) is 16.6. The first-order valence-electron chi connectivity index (χ1n) is 15.8. The van der Waals surface area contributed by atoms with E-state index in [-0.39, 0.29) is 26.4 Å². The molecule has 4 saturated heterocycles. The molecule has 4 rings (SSSR count). The normalized spacial score (nSPS) is 32.0. The van der Waals surface area contributed by atoms with Crippen molar-refractivity contribution in [3.8, 4) is 0 Å². The van der Waals surface area contributed by atoms with Gasteiger partial charge in [0.05, 0.1) is 31.0 Å². The molecule has 4 aliphatic heterocycles. The zero-order chi connectivity index (χ0) is 39.4. The lowest BCUT2D eigenvalue weighted by Crippen LogP contribution is -2.55. The molecule has 0 radical (unpaired) electrons. The van der Waals surface area contributed by atoms with Gasteiger partial charge in [0.2, 0.25) is 16.7 Å². The molecule has 0 aromatic rings. The molecule has 4 heterocycles. The number of methoxy groups -OCH3 is 2. The van der Waals surface area contributed by atoms with Crippen molar-refractivity contribution >= 4 is 64.9 Å². The molecule has 296 valence electrons. The number of hydrogen-bond donors (Lipinski definition) is 5. The van der Waals surface area contributed by atoms with Gasteiger partial charge in [-0.15, -0.1) is 0 Å². The van der Waals surface area contributed by atoms with Gasteiger partial charge in [0, 0.05) is 42.2 Å². The zero-order valence-electron chi connectivity index (χ0n) is 29.1. The van der Waals surface area contributed by atoms with Crippen LogP contribution in [-0.2, 0) is 71.5 Å². The Hall–Kier alpha value is -3.37. The van der Waals surface area contributed by atoms with E-state index in [1.165, 1.54) is 42.2 Å². The van der Waals surface area contributed by atoms with Crippen LogP contribution in [0.3, 0.4) is 0 Å². The standard InChI is InChI=1S/2C14H21NO8.C2H2Cl2O2/c1-6(16)22-12-9(17)10-8(14(19)21-5-4-20-3)7(11(12)23-10)13(18)15-2;1-6(16)22-12-9(17)10-7(13(18)15-2)8(11(12)23-10)14(19)21-5-4-20-3;3-1(4)2(5)6/h2*7-12,17H,4-5H2,1-3H3,(H,15,18);1H,(H,5,6)/t7?,8?,9?,10?,11-,12-;7?,8?,9-,10+,11?,12?;/m01./s1. The van der Waals surface area contributed by atoms with Crippen LogP contribution in [0.5, 0.6) is 0 Å². The fraction of sp³-hybridized carbons (Fsp3) is 0.767. The third-order valence-corrected chi connectivity index (χ3v) is 8.68. The van der Waals surface area contributed by atoms with Crippen LogP contribution >= 0.6 is 23.2 Å². The van der Waals surface area contributed by atoms with E-state index >= 15 is 0 Å². The molecule has 22 heteroatoms. The Bertz CT molecular complexity index is 1290. The molecule has 0 spiro atoms. The molecular weight excluding hydrogens is 747 g/mol. The molecule has 20 nitrogen and oxygen atoms in total. The molecule has 0 aromatic heterocycles. The van der Waals surface area contributed by atoms with Crippen LogP contribution < -0.4 is 10.6 Å². The molecule has 5 N–H and O–H groups in total. The van der Waals surface area contributed by atoms with E-state index in [1.807, 2.05) is 0 Å². The molecule has 0 aromatic carbocycles. The van der Waals surface area contributed by atoms with E-state index in [0.29, 0.717) is 0 Å². The lowest BCUT2D eigenvalue weighted by Gasteiger charge is -2.32. The van der Waals surface area contributed by atoms with Crippen LogP contribution in [0.1, 0.15) is 13.8 Å². The van der Waals surface area contributed by atoms with Crippen LogP contribution in [0.2, 0.25) is 0 Å². The van der Waals surface area contributed by atoms with E-state index in [1.54, 1.807) is 0 Å². The highest BCUT2D eigenvalue weighted by atomic mass is 35.5. The Morgan fingerprint density at radius 2 is 0.962 bits per heavy atom. The largest absolute Gasteiger partial charge is 0.479 e. The van der Waals surface area contributed by atoms with Gasteiger partial charge in [0.25, 0.3) is 0 Å². The zero-order valence-corrected chi connectivity index (χ0v) is 30.6. The Balaban J connectivity index is 0.000000312. The number of rotatable bonds is 13. The van der Waals surface area contributed by atoms with Crippen LogP contribution in [-0.4, -0.2) is 165 Å². The molecule has 8 unspecified atom stereocenters. The van der Waals surface area contributed by atoms with Gasteiger partial charge in [-0.2, -0.15) is 0 Å². The number of alkyl halides is 2. The van der Waals surface area contributed by atoms with Crippen molar-refractivity contribution < 1.29 is 86.8 Å². The number of carboxylic acids is 1. The summed E-state index contributed by atoms with van der Waals surface area (Å²) < 4.78 is 41.0. The average molecular weight is 792 g/mol. The summed E-state index contributed by atoms with van der Waals surface area (Å²) in [7, 11) is 5.79. The number of halogens is 2. The minimum Gasteiger partial charge on any atom is -0.479 e. The third-order valence-electron chi connectivity index (χ3n) is 8.31. The van der Waals surface area contributed by atoms with Crippen molar-refractivity contribution in [1.29, 1.82) is 0 Å². The molecule has 52 heavy (non-hydrogen) atoms. The third kappa shape index (κ3) is 10.8. The Kier molecular flexibility index (Phi) is 17.9. The molecule has 12 atom stereocenters. The van der Waals surface area contributed by atoms with Crippen LogP contribution in [0, 0.1) is 23.7 Å². The van der Waals surface area contributed by atoms with Crippen LogP contribution in [0.15, 0.2) is 0 Å². The Morgan fingerprint density at radius 3 is 1.29 bits per heavy atom. The van der Waals surface area contributed by atoms with Gasteiger partial charge in [0.15, 0.2) is 12.2 Å². The molecule has 4 fully saturated rings. The number of ether oxygens (including phenoxy) is 8. The second kappa shape index (κ2) is 20.8. The van der Waals surface area contributed by atoms with Gasteiger partial charge >= 0.3 is 29.8 Å². The highest BCUT2D eigenvalue weighted by Gasteiger charge is 2.67. The molecule has 4 aliphatic rings. The Labute approximate surface area is 307 Å². The summed E-state index contributed by atoms with van der Waals surface area (Å²) in [6.45, 7) is 2.90. The smallest absolute Gasteiger partial charge is 0.337 e. The summed E-state index contributed by atoms with van der Waals surface area (Å²) in [6.07, 6.45) is -8.04. The summed E-state index contributed by atoms with van der Waals surface area (Å²) in [6, 6.07) is 0. The fourth-order valence-electron chi connectivity index (χ4n) is 6.25. The molecule has 2 amide bonds. The van der Waals surface area contributed by atoms with E-state index < -0.39 is 119 Å². The van der Waals surface area contributed by atoms with Gasteiger partial charge in [-0.25, -0.2) is 4.79 Å². The van der Waals surface area contributed by atoms with Gasteiger partial charge in [-0.05, 0) is 0 Å². The van der Waals surface area contributed by atoms with E-state index in [0.717, 1.165) is 0 Å². The topological polar surface area (TPSA) is 278 Å². The number of aliphatic hydroxyl groups excluding tert-OH is 2. The van der Waals surface area contributed by atoms with Gasteiger partial charge in [0.1, 0.15) is 55.8 Å². The lowest BCUT2D eigenvalue weighted by atomic mass is 9.75. The lowest BCUT2D eigenvalue weighted by molar-refractivity contribution is -0.167. The number of esters is 4. The average Bonchev–Trinajstić information content (AvgIpc) is 3.83. The van der Waals surface area contributed by atoms with Crippen molar-refractivity contribution in [3.05, 3.63) is 0 Å². The highest BCUT2D eigenvalue weighted by Crippen LogP contribution is 2.47. The Morgan fingerprint density at radius 1 is 0.635 bits per heavy atom. The van der Waals surface area contributed by atoms with Crippen molar-refractivity contribution in [1.82, 2.24) is 10.6 Å². The number of carbonyl (C=O) groups excluding carboxylic acids is 6. The maximum atomic E-state index is 12.3. The molecule has 4 bridgehead atoms. The second-order valence-electron chi connectivity index (χ2n) is 11.6. The number of amides is 2.